The van der Waals surface area contributed by atoms with E-state index >= 15 is 0 Å². The van der Waals surface area contributed by atoms with Crippen molar-refractivity contribution in [1.82, 2.24) is 29.8 Å². The summed E-state index contributed by atoms with van der Waals surface area (Å²) in [7, 11) is 3.63. The molecule has 2 fully saturated rings. The van der Waals surface area contributed by atoms with Gasteiger partial charge in [-0.05, 0) is 25.3 Å². The van der Waals surface area contributed by atoms with Crippen molar-refractivity contribution in [3.63, 3.8) is 0 Å². The largest absolute Gasteiger partial charge is 0.381 e. The molecule has 0 saturated heterocycles. The van der Waals surface area contributed by atoms with Gasteiger partial charge in [0.25, 0.3) is 5.78 Å². The van der Waals surface area contributed by atoms with Crippen LogP contribution in [-0.4, -0.2) is 56.8 Å². The Bertz CT molecular complexity index is 723. The highest BCUT2D eigenvalue weighted by Crippen LogP contribution is 2.58. The molecule has 2 aliphatic carbocycles. The number of rotatable bonds is 4. The zero-order chi connectivity index (χ0) is 16.7. The van der Waals surface area contributed by atoms with Gasteiger partial charge in [-0.25, -0.2) is 14.3 Å². The molecule has 2 aliphatic rings. The van der Waals surface area contributed by atoms with Crippen molar-refractivity contribution in [1.29, 1.82) is 0 Å². The second kappa shape index (κ2) is 5.70. The molecule has 2 aromatic heterocycles. The quantitative estimate of drug-likeness (QED) is 0.911. The number of nitrogens with one attached hydrogen (secondary N) is 1. The summed E-state index contributed by atoms with van der Waals surface area (Å²) in [5.41, 5.74) is 0.173. The van der Waals surface area contributed by atoms with Gasteiger partial charge in [-0.3, -0.25) is 0 Å². The predicted octanol–water partition coefficient (Wildman–Crippen LogP) is 1.22. The second-order valence-electron chi connectivity index (χ2n) is 6.72. The van der Waals surface area contributed by atoms with Crippen LogP contribution in [0.4, 0.5) is 4.79 Å². The fraction of sp³-hybridized carbons (Fsp3) is 0.625. The molecule has 2 heterocycles. The lowest BCUT2D eigenvalue weighted by atomic mass is 9.50. The molecule has 0 radical (unpaired) electrons. The van der Waals surface area contributed by atoms with Crippen LogP contribution in [0.3, 0.4) is 0 Å². The first kappa shape index (κ1) is 15.3. The Kier molecular flexibility index (Phi) is 3.64. The molecule has 2 saturated carbocycles. The van der Waals surface area contributed by atoms with Gasteiger partial charge in [-0.15, -0.1) is 5.10 Å². The van der Waals surface area contributed by atoms with Gasteiger partial charge in [0, 0.05) is 38.0 Å². The van der Waals surface area contributed by atoms with E-state index in [0.29, 0.717) is 18.1 Å². The van der Waals surface area contributed by atoms with Crippen molar-refractivity contribution in [2.24, 2.45) is 5.41 Å². The van der Waals surface area contributed by atoms with Crippen molar-refractivity contribution in [3.8, 4) is 0 Å². The van der Waals surface area contributed by atoms with Crippen LogP contribution < -0.4 is 5.32 Å². The summed E-state index contributed by atoms with van der Waals surface area (Å²) in [6, 6.07) is 1.96. The zero-order valence-electron chi connectivity index (χ0n) is 14.0. The van der Waals surface area contributed by atoms with Gasteiger partial charge in [0.2, 0.25) is 0 Å². The summed E-state index contributed by atoms with van der Waals surface area (Å²) in [4.78, 5) is 22.7. The van der Waals surface area contributed by atoms with Crippen LogP contribution in [0.2, 0.25) is 0 Å². The van der Waals surface area contributed by atoms with Crippen LogP contribution in [0.5, 0.6) is 0 Å². The molecule has 24 heavy (non-hydrogen) atoms. The number of carbonyl (C=O) groups excluding carboxylic acids is 1. The number of hydrogen-bond donors (Lipinski definition) is 1. The second-order valence-corrected chi connectivity index (χ2v) is 6.72. The first-order valence-electron chi connectivity index (χ1n) is 8.34. The molecule has 0 aliphatic heterocycles. The molecule has 2 unspecified atom stereocenters. The highest BCUT2D eigenvalue weighted by Gasteiger charge is 2.60. The van der Waals surface area contributed by atoms with Crippen molar-refractivity contribution in [2.75, 3.05) is 14.2 Å². The molecule has 2 atom stereocenters. The van der Waals surface area contributed by atoms with Crippen molar-refractivity contribution < 1.29 is 9.53 Å². The van der Waals surface area contributed by atoms with Gasteiger partial charge in [0.1, 0.15) is 0 Å². The summed E-state index contributed by atoms with van der Waals surface area (Å²) < 4.78 is 7.18. The number of fused-ring (bicyclic) bond motifs is 1. The number of urea groups is 1. The summed E-state index contributed by atoms with van der Waals surface area (Å²) in [6.45, 7) is 0.292. The lowest BCUT2D eigenvalue weighted by molar-refractivity contribution is -0.182. The first-order chi connectivity index (χ1) is 11.6. The highest BCUT2D eigenvalue weighted by atomic mass is 16.5. The van der Waals surface area contributed by atoms with Crippen molar-refractivity contribution >= 4 is 11.8 Å². The van der Waals surface area contributed by atoms with E-state index in [0.717, 1.165) is 19.3 Å². The van der Waals surface area contributed by atoms with Gasteiger partial charge in [0.15, 0.2) is 5.82 Å². The van der Waals surface area contributed by atoms with Crippen molar-refractivity contribution in [2.45, 2.75) is 44.4 Å². The smallest absolute Gasteiger partial charge is 0.317 e. The van der Waals surface area contributed by atoms with Gasteiger partial charge < -0.3 is 15.0 Å². The number of aromatic nitrogens is 4. The summed E-state index contributed by atoms with van der Waals surface area (Å²) in [6.07, 6.45) is 8.17. The molecule has 8 heteroatoms. The van der Waals surface area contributed by atoms with E-state index in [4.69, 9.17) is 4.74 Å². The lowest BCUT2D eigenvalue weighted by Crippen LogP contribution is -2.68. The van der Waals surface area contributed by atoms with Crippen LogP contribution >= 0.6 is 0 Å². The minimum Gasteiger partial charge on any atom is -0.381 e. The number of nitrogens with zero attached hydrogens (tertiary/aromatic N) is 5. The third-order valence-electron chi connectivity index (χ3n) is 5.66. The normalized spacial score (nSPS) is 24.4. The number of methoxy groups -OCH3 is 1. The molecule has 0 aromatic carbocycles. The van der Waals surface area contributed by atoms with Crippen LogP contribution in [-0.2, 0) is 11.3 Å². The molecule has 2 amide bonds. The molecule has 8 nitrogen and oxygen atoms in total. The number of hydrogen-bond acceptors (Lipinski definition) is 5. The zero-order valence-corrected chi connectivity index (χ0v) is 14.0. The molecule has 0 bridgehead atoms. The first-order valence-corrected chi connectivity index (χ1v) is 8.34. The van der Waals surface area contributed by atoms with Crippen LogP contribution in [0.15, 0.2) is 18.5 Å². The number of ether oxygens (including phenoxy) is 1. The van der Waals surface area contributed by atoms with E-state index < -0.39 is 0 Å². The molecule has 1 spiro atoms. The SMILES string of the molecule is COC1CC(N(C)C(=O)NCc2nc3ncccn3n2)C12CCC2. The molecular formula is C16H22N6O2. The average Bonchev–Trinajstić information content (AvgIpc) is 2.93. The summed E-state index contributed by atoms with van der Waals surface area (Å²) in [5, 5.41) is 7.20. The number of carbonyl (C=O) groups is 1. The van der Waals surface area contributed by atoms with Crippen molar-refractivity contribution in [3.05, 3.63) is 24.3 Å². The minimum absolute atomic E-state index is 0.0901. The minimum atomic E-state index is -0.0901. The maximum atomic E-state index is 12.5. The third kappa shape index (κ3) is 2.24. The van der Waals surface area contributed by atoms with Crippen LogP contribution in [0.1, 0.15) is 31.5 Å². The van der Waals surface area contributed by atoms with Gasteiger partial charge >= 0.3 is 6.03 Å². The predicted molar refractivity (Wildman–Crippen MR) is 86.3 cm³/mol. The third-order valence-corrected chi connectivity index (χ3v) is 5.66. The van der Waals surface area contributed by atoms with Crippen LogP contribution in [0, 0.1) is 5.41 Å². The van der Waals surface area contributed by atoms with E-state index in [9.17, 15) is 4.79 Å². The Hall–Kier alpha value is -2.22. The Morgan fingerprint density at radius 2 is 2.38 bits per heavy atom. The Labute approximate surface area is 140 Å². The highest BCUT2D eigenvalue weighted by molar-refractivity contribution is 5.74. The summed E-state index contributed by atoms with van der Waals surface area (Å²) in [5.74, 6) is 1.09. The molecular weight excluding hydrogens is 308 g/mol. The standard InChI is InChI=1S/C16H22N6O2/c1-21(11-9-12(24-2)16(11)5-3-6-16)15(23)18-10-13-19-14-17-7-4-8-22(14)20-13/h4,7-8,11-12H,3,5-6,9-10H2,1-2H3,(H,18,23). The fourth-order valence-corrected chi connectivity index (χ4v) is 4.11. The fourth-order valence-electron chi connectivity index (χ4n) is 4.11. The van der Waals surface area contributed by atoms with E-state index in [2.05, 4.69) is 20.4 Å². The average molecular weight is 330 g/mol. The van der Waals surface area contributed by atoms with E-state index in [1.54, 1.807) is 30.1 Å². The Balaban J connectivity index is 1.37. The number of amides is 2. The van der Waals surface area contributed by atoms with Gasteiger partial charge in [-0.1, -0.05) is 6.42 Å². The van der Waals surface area contributed by atoms with Gasteiger partial charge in [0.05, 0.1) is 12.6 Å². The molecule has 128 valence electrons. The Morgan fingerprint density at radius 3 is 3.04 bits per heavy atom. The maximum absolute atomic E-state index is 12.5. The van der Waals surface area contributed by atoms with Gasteiger partial charge in [-0.2, -0.15) is 4.98 Å². The van der Waals surface area contributed by atoms with E-state index in [1.165, 1.54) is 6.42 Å². The molecule has 2 aromatic rings. The lowest BCUT2D eigenvalue weighted by Gasteiger charge is -2.62. The maximum Gasteiger partial charge on any atom is 0.317 e. The topological polar surface area (TPSA) is 84.6 Å². The Morgan fingerprint density at radius 1 is 1.54 bits per heavy atom. The van der Waals surface area contributed by atoms with E-state index in [1.807, 2.05) is 11.9 Å². The molecule has 1 N–H and O–H groups in total. The van der Waals surface area contributed by atoms with E-state index in [-0.39, 0.29) is 23.6 Å². The van der Waals surface area contributed by atoms with Crippen LogP contribution in [0.25, 0.3) is 5.78 Å². The summed E-state index contributed by atoms with van der Waals surface area (Å²) >= 11 is 0. The monoisotopic (exact) mass is 330 g/mol. The molecule has 4 rings (SSSR count).